The lowest BCUT2D eigenvalue weighted by Crippen LogP contribution is -2.50. The molecule has 0 saturated carbocycles. The monoisotopic (exact) mass is 491 g/mol. The number of allylic oxidation sites excluding steroid dienone is 2. The molecule has 1 aromatic carbocycles. The molecule has 0 bridgehead atoms. The summed E-state index contributed by atoms with van der Waals surface area (Å²) >= 11 is 2.12. The Balaban J connectivity index is 2.02. The Labute approximate surface area is 162 Å². The number of hydrogen-bond acceptors (Lipinski definition) is 5. The molecule has 138 valence electrons. The zero-order valence-electron chi connectivity index (χ0n) is 13.5. The van der Waals surface area contributed by atoms with Gasteiger partial charge >= 0.3 is 5.69 Å². The molecular formula is C15H15FIN5O3S. The normalized spacial score (nSPS) is 22.9. The van der Waals surface area contributed by atoms with Gasteiger partial charge in [0.1, 0.15) is 0 Å². The highest BCUT2D eigenvalue weighted by atomic mass is 127. The number of halogens is 2. The van der Waals surface area contributed by atoms with Crippen LogP contribution in [0.3, 0.4) is 0 Å². The maximum absolute atomic E-state index is 15.6. The zero-order valence-corrected chi connectivity index (χ0v) is 16.4. The number of aromatic amines is 2. The summed E-state index contributed by atoms with van der Waals surface area (Å²) < 4.78 is 40.6. The van der Waals surface area contributed by atoms with Crippen LogP contribution in [0.4, 0.5) is 10.1 Å². The number of sulfonamides is 1. The number of hydrogen-bond donors (Lipinski definition) is 4. The van der Waals surface area contributed by atoms with Gasteiger partial charge in [0, 0.05) is 14.8 Å². The Hall–Kier alpha value is -1.99. The van der Waals surface area contributed by atoms with Crippen LogP contribution in [0.5, 0.6) is 0 Å². The third kappa shape index (κ3) is 3.73. The van der Waals surface area contributed by atoms with Crippen molar-refractivity contribution in [2.24, 2.45) is 5.14 Å². The van der Waals surface area contributed by atoms with Crippen LogP contribution in [-0.2, 0) is 10.0 Å². The van der Waals surface area contributed by atoms with Gasteiger partial charge in [0.15, 0.2) is 11.1 Å². The van der Waals surface area contributed by atoms with E-state index in [-0.39, 0.29) is 11.4 Å². The number of H-pyrrole nitrogens is 2. The van der Waals surface area contributed by atoms with Crippen molar-refractivity contribution in [3.63, 3.8) is 0 Å². The maximum atomic E-state index is 15.6. The molecular weight excluding hydrogens is 476 g/mol. The summed E-state index contributed by atoms with van der Waals surface area (Å²) in [4.78, 5) is 13.6. The third-order valence-corrected chi connectivity index (χ3v) is 5.75. The molecule has 11 heteroatoms. The fourth-order valence-corrected chi connectivity index (χ4v) is 4.23. The third-order valence-electron chi connectivity index (χ3n) is 3.89. The minimum absolute atomic E-state index is 0.0902. The van der Waals surface area contributed by atoms with Crippen molar-refractivity contribution in [1.29, 1.82) is 0 Å². The molecule has 0 radical (unpaired) electrons. The number of benzene rings is 1. The van der Waals surface area contributed by atoms with Gasteiger partial charge in [0.25, 0.3) is 0 Å². The molecule has 0 spiro atoms. The number of aryl methyl sites for hydroxylation is 1. The fourth-order valence-electron chi connectivity index (χ4n) is 2.63. The van der Waals surface area contributed by atoms with Gasteiger partial charge in [-0.2, -0.15) is 5.10 Å². The lowest BCUT2D eigenvalue weighted by molar-refractivity contribution is 0.273. The molecule has 5 N–H and O–H groups in total. The second kappa shape index (κ2) is 6.63. The Bertz CT molecular complexity index is 1070. The number of anilines is 1. The van der Waals surface area contributed by atoms with Gasteiger partial charge in [-0.05, 0) is 65.4 Å². The van der Waals surface area contributed by atoms with Crippen molar-refractivity contribution >= 4 is 43.9 Å². The Morgan fingerprint density at radius 3 is 2.73 bits per heavy atom. The molecule has 0 aliphatic heterocycles. The molecule has 2 atom stereocenters. The molecule has 1 aromatic heterocycles. The van der Waals surface area contributed by atoms with Gasteiger partial charge in [-0.25, -0.2) is 27.8 Å². The van der Waals surface area contributed by atoms with Crippen molar-refractivity contribution in [3.8, 4) is 0 Å². The van der Waals surface area contributed by atoms with E-state index in [9.17, 15) is 13.2 Å². The summed E-state index contributed by atoms with van der Waals surface area (Å²) in [5, 5.41) is 12.1. The Kier molecular flexibility index (Phi) is 4.79. The Morgan fingerprint density at radius 2 is 2.15 bits per heavy atom. The molecule has 3 rings (SSSR count). The van der Waals surface area contributed by atoms with Gasteiger partial charge in [-0.3, -0.25) is 4.98 Å². The van der Waals surface area contributed by atoms with Crippen molar-refractivity contribution in [2.45, 2.75) is 18.0 Å². The number of aromatic nitrogens is 3. The van der Waals surface area contributed by atoms with Crippen LogP contribution in [0.1, 0.15) is 11.4 Å². The number of primary sulfonamides is 1. The van der Waals surface area contributed by atoms with Crippen LogP contribution in [0.25, 0.3) is 5.57 Å². The smallest absolute Gasteiger partial charge is 0.340 e. The van der Waals surface area contributed by atoms with E-state index in [4.69, 9.17) is 5.14 Å². The first kappa shape index (κ1) is 18.8. The van der Waals surface area contributed by atoms with E-state index in [2.05, 4.69) is 43.1 Å². The highest BCUT2D eigenvalue weighted by Crippen LogP contribution is 2.34. The van der Waals surface area contributed by atoms with Crippen LogP contribution in [0, 0.1) is 10.5 Å². The lowest BCUT2D eigenvalue weighted by atomic mass is 9.99. The summed E-state index contributed by atoms with van der Waals surface area (Å²) in [5.41, 5.74) is 0.862. The topological polar surface area (TPSA) is 134 Å². The highest BCUT2D eigenvalue weighted by Gasteiger charge is 2.45. The summed E-state index contributed by atoms with van der Waals surface area (Å²) in [7, 11) is -4.31. The number of alkyl halides is 1. The van der Waals surface area contributed by atoms with Crippen LogP contribution in [-0.4, -0.2) is 34.6 Å². The molecule has 2 unspecified atom stereocenters. The molecule has 1 aliphatic rings. The van der Waals surface area contributed by atoms with Gasteiger partial charge < -0.3 is 5.32 Å². The van der Waals surface area contributed by atoms with E-state index in [1.54, 1.807) is 19.1 Å². The van der Waals surface area contributed by atoms with Crippen LogP contribution >= 0.6 is 22.6 Å². The summed E-state index contributed by atoms with van der Waals surface area (Å²) in [6.07, 6.45) is 3.51. The number of nitrogens with zero attached hydrogens (tertiary/aromatic N) is 1. The average molecular weight is 491 g/mol. The van der Waals surface area contributed by atoms with E-state index in [0.717, 1.165) is 21.3 Å². The first-order chi connectivity index (χ1) is 12.1. The largest absolute Gasteiger partial charge is 0.349 e. The molecule has 0 fully saturated rings. The van der Waals surface area contributed by atoms with Crippen LogP contribution < -0.4 is 16.1 Å². The summed E-state index contributed by atoms with van der Waals surface area (Å²) in [6.45, 7) is 1.78. The van der Waals surface area contributed by atoms with E-state index < -0.39 is 26.8 Å². The van der Waals surface area contributed by atoms with E-state index in [1.165, 1.54) is 6.08 Å². The average Bonchev–Trinajstić information content (AvgIpc) is 2.96. The lowest BCUT2D eigenvalue weighted by Gasteiger charge is -2.32. The van der Waals surface area contributed by atoms with Gasteiger partial charge in [-0.1, -0.05) is 6.08 Å². The Morgan fingerprint density at radius 1 is 1.42 bits per heavy atom. The van der Waals surface area contributed by atoms with E-state index in [1.807, 2.05) is 6.07 Å². The van der Waals surface area contributed by atoms with Crippen LogP contribution in [0.15, 0.2) is 41.2 Å². The predicted octanol–water partition coefficient (Wildman–Crippen LogP) is 1.40. The van der Waals surface area contributed by atoms with Gasteiger partial charge in [-0.15, -0.1) is 0 Å². The minimum Gasteiger partial charge on any atom is -0.349 e. The fraction of sp³-hybridized carbons (Fsp3) is 0.200. The molecule has 8 nitrogen and oxygen atoms in total. The molecule has 1 aliphatic carbocycles. The second-order valence-corrected chi connectivity index (χ2v) is 8.78. The zero-order chi connectivity index (χ0) is 19.1. The number of rotatable bonds is 4. The summed E-state index contributed by atoms with van der Waals surface area (Å²) in [6, 6.07) is 5.27. The predicted molar refractivity (Wildman–Crippen MR) is 105 cm³/mol. The molecule has 0 saturated heterocycles. The SMILES string of the molecule is Cc1cc(I)ccc1NC1(F)C=CC(c2n[nH]c(=O)[nH]2)=CC1S(N)(=O)=O. The first-order valence-electron chi connectivity index (χ1n) is 7.39. The molecule has 0 amide bonds. The standard InChI is InChI=1S/C15H15FIN5O3S/c1-8-6-10(17)2-3-11(8)20-15(16)5-4-9(7-12(15)26(18,24)25)13-19-14(23)22-21-13/h2-7,12,20H,1H3,(H2,18,24,25)(H2,19,21,22,23). The quantitative estimate of drug-likeness (QED) is 0.379. The molecule has 26 heavy (non-hydrogen) atoms. The number of nitrogens with two attached hydrogens (primary N) is 1. The molecule has 1 heterocycles. The van der Waals surface area contributed by atoms with Crippen LogP contribution in [0.2, 0.25) is 0 Å². The second-order valence-electron chi connectivity index (χ2n) is 5.84. The van der Waals surface area contributed by atoms with Crippen molar-refractivity contribution < 1.29 is 12.8 Å². The maximum Gasteiger partial charge on any atom is 0.340 e. The van der Waals surface area contributed by atoms with Gasteiger partial charge in [0.05, 0.1) is 0 Å². The number of nitrogens with one attached hydrogen (secondary N) is 3. The highest BCUT2D eigenvalue weighted by molar-refractivity contribution is 14.1. The van der Waals surface area contributed by atoms with E-state index >= 15 is 4.39 Å². The summed E-state index contributed by atoms with van der Waals surface area (Å²) in [5.74, 6) is -2.38. The van der Waals surface area contributed by atoms with Crippen molar-refractivity contribution in [1.82, 2.24) is 15.2 Å². The molecule has 2 aromatic rings. The van der Waals surface area contributed by atoms with Gasteiger partial charge in [0.2, 0.25) is 15.8 Å². The minimum atomic E-state index is -4.31. The first-order valence-corrected chi connectivity index (χ1v) is 10.1. The van der Waals surface area contributed by atoms with Crippen molar-refractivity contribution in [3.05, 3.63) is 61.9 Å². The van der Waals surface area contributed by atoms with E-state index in [0.29, 0.717) is 5.69 Å². The van der Waals surface area contributed by atoms with Crippen molar-refractivity contribution in [2.75, 3.05) is 5.32 Å².